The molecular formula is C7H14O2. The van der Waals surface area contributed by atoms with Crippen LogP contribution in [-0.2, 0) is 9.47 Å². The molecule has 0 bridgehead atoms. The van der Waals surface area contributed by atoms with E-state index < -0.39 is 0 Å². The van der Waals surface area contributed by atoms with Gasteiger partial charge in [0.1, 0.15) is 0 Å². The van der Waals surface area contributed by atoms with E-state index in [9.17, 15) is 0 Å². The zero-order valence-corrected chi connectivity index (χ0v) is 6.14. The van der Waals surface area contributed by atoms with Crippen LogP contribution in [0.25, 0.3) is 0 Å². The highest BCUT2D eigenvalue weighted by Crippen LogP contribution is 1.90. The van der Waals surface area contributed by atoms with Gasteiger partial charge in [-0.25, -0.2) is 0 Å². The molecule has 0 unspecified atom stereocenters. The van der Waals surface area contributed by atoms with Crippen LogP contribution in [0.5, 0.6) is 0 Å². The molecule has 0 rings (SSSR count). The van der Waals surface area contributed by atoms with E-state index in [4.69, 9.17) is 9.47 Å². The normalized spacial score (nSPS) is 9.56. The van der Waals surface area contributed by atoms with Gasteiger partial charge in [0.05, 0.1) is 13.2 Å². The third kappa shape index (κ3) is 5.53. The summed E-state index contributed by atoms with van der Waals surface area (Å²) in [5.41, 5.74) is 0.986. The maximum Gasteiger partial charge on any atom is 0.0696 e. The Hall–Kier alpha value is -0.340. The number of methoxy groups -OCH3 is 1. The second kappa shape index (κ2) is 5.79. The van der Waals surface area contributed by atoms with Gasteiger partial charge < -0.3 is 9.47 Å². The molecule has 0 aromatic carbocycles. The van der Waals surface area contributed by atoms with Crippen LogP contribution in [0.15, 0.2) is 12.2 Å². The summed E-state index contributed by atoms with van der Waals surface area (Å²) >= 11 is 0. The molecule has 0 N–H and O–H groups in total. The molecule has 0 saturated carbocycles. The van der Waals surface area contributed by atoms with E-state index in [1.807, 2.05) is 6.92 Å². The lowest BCUT2D eigenvalue weighted by Gasteiger charge is -2.02. The Bertz CT molecular complexity index is 79.0. The Morgan fingerprint density at radius 1 is 1.44 bits per heavy atom. The highest BCUT2D eigenvalue weighted by atomic mass is 16.5. The maximum atomic E-state index is 5.07. The average molecular weight is 130 g/mol. The van der Waals surface area contributed by atoms with E-state index in [1.54, 1.807) is 7.11 Å². The summed E-state index contributed by atoms with van der Waals surface area (Å²) in [6.45, 7) is 7.64. The second-order valence-corrected chi connectivity index (χ2v) is 1.82. The maximum absolute atomic E-state index is 5.07. The summed E-state index contributed by atoms with van der Waals surface area (Å²) < 4.78 is 9.89. The van der Waals surface area contributed by atoms with Crippen LogP contribution >= 0.6 is 0 Å². The van der Waals surface area contributed by atoms with Crippen molar-refractivity contribution in [2.24, 2.45) is 0 Å². The van der Waals surface area contributed by atoms with E-state index in [0.29, 0.717) is 13.2 Å². The van der Waals surface area contributed by atoms with Gasteiger partial charge in [-0.1, -0.05) is 6.58 Å². The van der Waals surface area contributed by atoms with Crippen LogP contribution in [0.1, 0.15) is 6.92 Å². The van der Waals surface area contributed by atoms with Crippen molar-refractivity contribution >= 4 is 0 Å². The van der Waals surface area contributed by atoms with Gasteiger partial charge in [0, 0.05) is 13.7 Å². The number of hydrogen-bond acceptors (Lipinski definition) is 2. The van der Waals surface area contributed by atoms with Crippen LogP contribution in [0.4, 0.5) is 0 Å². The number of rotatable bonds is 5. The molecule has 0 aliphatic rings. The first-order chi connectivity index (χ1) is 4.31. The van der Waals surface area contributed by atoms with Crippen molar-refractivity contribution in [3.63, 3.8) is 0 Å². The minimum Gasteiger partial charge on any atom is -0.380 e. The Labute approximate surface area is 56.5 Å². The molecule has 0 aliphatic heterocycles. The van der Waals surface area contributed by atoms with Crippen molar-refractivity contribution < 1.29 is 9.47 Å². The van der Waals surface area contributed by atoms with Gasteiger partial charge in [-0.15, -0.1) is 0 Å². The second-order valence-electron chi connectivity index (χ2n) is 1.82. The first-order valence-electron chi connectivity index (χ1n) is 3.04. The van der Waals surface area contributed by atoms with Gasteiger partial charge in [0.2, 0.25) is 0 Å². The van der Waals surface area contributed by atoms with Crippen LogP contribution in [0.3, 0.4) is 0 Å². The van der Waals surface area contributed by atoms with Crippen molar-refractivity contribution in [1.29, 1.82) is 0 Å². The molecular weight excluding hydrogens is 116 g/mol. The third-order valence-corrected chi connectivity index (χ3v) is 0.859. The smallest absolute Gasteiger partial charge is 0.0696 e. The molecule has 0 amide bonds. The Balaban J connectivity index is 3.06. The highest BCUT2D eigenvalue weighted by Gasteiger charge is 1.89. The molecule has 0 spiro atoms. The molecule has 0 heterocycles. The lowest BCUT2D eigenvalue weighted by molar-refractivity contribution is 0.149. The number of hydrogen-bond donors (Lipinski definition) is 0. The van der Waals surface area contributed by atoms with Crippen LogP contribution in [-0.4, -0.2) is 26.9 Å². The van der Waals surface area contributed by atoms with E-state index >= 15 is 0 Å². The fraction of sp³-hybridized carbons (Fsp3) is 0.714. The third-order valence-electron chi connectivity index (χ3n) is 0.859. The van der Waals surface area contributed by atoms with Crippen molar-refractivity contribution in [3.8, 4) is 0 Å². The zero-order valence-electron chi connectivity index (χ0n) is 6.14. The molecule has 0 saturated heterocycles. The molecule has 2 nitrogen and oxygen atoms in total. The molecule has 2 heteroatoms. The van der Waals surface area contributed by atoms with E-state index in [-0.39, 0.29) is 0 Å². The predicted octanol–water partition coefficient (Wildman–Crippen LogP) is 1.23. The topological polar surface area (TPSA) is 18.5 Å². The zero-order chi connectivity index (χ0) is 7.11. The van der Waals surface area contributed by atoms with Gasteiger partial charge in [0.25, 0.3) is 0 Å². The van der Waals surface area contributed by atoms with Crippen molar-refractivity contribution in [1.82, 2.24) is 0 Å². The summed E-state index contributed by atoms with van der Waals surface area (Å²) in [4.78, 5) is 0. The molecule has 0 aromatic heterocycles. The monoisotopic (exact) mass is 130 g/mol. The van der Waals surface area contributed by atoms with Gasteiger partial charge >= 0.3 is 0 Å². The van der Waals surface area contributed by atoms with Crippen LogP contribution < -0.4 is 0 Å². The van der Waals surface area contributed by atoms with E-state index in [0.717, 1.165) is 12.2 Å². The molecule has 0 radical (unpaired) electrons. The first kappa shape index (κ1) is 8.66. The molecule has 54 valence electrons. The highest BCUT2D eigenvalue weighted by molar-refractivity contribution is 4.93. The van der Waals surface area contributed by atoms with Crippen LogP contribution in [0, 0.1) is 0 Å². The summed E-state index contributed by atoms with van der Waals surface area (Å²) in [7, 11) is 1.65. The van der Waals surface area contributed by atoms with Crippen molar-refractivity contribution in [2.45, 2.75) is 6.92 Å². The number of ether oxygens (including phenoxy) is 2. The Kier molecular flexibility index (Phi) is 5.57. The Morgan fingerprint density at radius 2 is 2.11 bits per heavy atom. The van der Waals surface area contributed by atoms with E-state index in [2.05, 4.69) is 6.58 Å². The molecule has 0 fully saturated rings. The van der Waals surface area contributed by atoms with Crippen molar-refractivity contribution in [3.05, 3.63) is 12.2 Å². The lowest BCUT2D eigenvalue weighted by Crippen LogP contribution is -2.01. The standard InChI is InChI=1S/C7H14O2/c1-4-9-6-7(2)5-8-3/h2,4-6H2,1,3H3. The fourth-order valence-electron chi connectivity index (χ4n) is 0.492. The predicted molar refractivity (Wildman–Crippen MR) is 37.5 cm³/mol. The molecule has 0 aromatic rings. The summed E-state index contributed by atoms with van der Waals surface area (Å²) in [6.07, 6.45) is 0. The fourth-order valence-corrected chi connectivity index (χ4v) is 0.492. The SMILES string of the molecule is C=C(COC)COCC. The van der Waals surface area contributed by atoms with E-state index in [1.165, 1.54) is 0 Å². The molecule has 0 aliphatic carbocycles. The van der Waals surface area contributed by atoms with Crippen molar-refractivity contribution in [2.75, 3.05) is 26.9 Å². The largest absolute Gasteiger partial charge is 0.380 e. The van der Waals surface area contributed by atoms with Crippen LogP contribution in [0.2, 0.25) is 0 Å². The summed E-state index contributed by atoms with van der Waals surface area (Å²) in [6, 6.07) is 0. The molecule has 0 atom stereocenters. The van der Waals surface area contributed by atoms with Gasteiger partial charge in [-0.3, -0.25) is 0 Å². The quantitative estimate of drug-likeness (QED) is 0.521. The molecule has 9 heavy (non-hydrogen) atoms. The van der Waals surface area contributed by atoms with Gasteiger partial charge in [-0.05, 0) is 12.5 Å². The minimum absolute atomic E-state index is 0.597. The first-order valence-corrected chi connectivity index (χ1v) is 3.04. The lowest BCUT2D eigenvalue weighted by atomic mass is 10.3. The average Bonchev–Trinajstić information content (AvgIpc) is 1.85. The summed E-state index contributed by atoms with van der Waals surface area (Å²) in [5.74, 6) is 0. The van der Waals surface area contributed by atoms with Gasteiger partial charge in [0.15, 0.2) is 0 Å². The Morgan fingerprint density at radius 3 is 2.56 bits per heavy atom. The summed E-state index contributed by atoms with van der Waals surface area (Å²) in [5, 5.41) is 0. The van der Waals surface area contributed by atoms with Gasteiger partial charge in [-0.2, -0.15) is 0 Å². The minimum atomic E-state index is 0.597.